The van der Waals surface area contributed by atoms with Crippen LogP contribution in [0.3, 0.4) is 0 Å². The number of hydrogen-bond donors (Lipinski definition) is 1. The molecule has 0 aromatic heterocycles. The van der Waals surface area contributed by atoms with Crippen LogP contribution in [-0.4, -0.2) is 11.8 Å². The SMILES string of the molecule is O=C(CCl)N[C@@H]1CCc2cc(Br)ccc21. The van der Waals surface area contributed by atoms with E-state index in [-0.39, 0.29) is 17.8 Å². The van der Waals surface area contributed by atoms with Gasteiger partial charge in [-0.2, -0.15) is 0 Å². The zero-order chi connectivity index (χ0) is 10.8. The number of benzene rings is 1. The average Bonchev–Trinajstić information content (AvgIpc) is 2.60. The van der Waals surface area contributed by atoms with Crippen molar-refractivity contribution in [2.24, 2.45) is 0 Å². The first-order valence-electron chi connectivity index (χ1n) is 4.84. The largest absolute Gasteiger partial charge is 0.348 e. The minimum absolute atomic E-state index is 0.0301. The number of rotatable bonds is 2. The molecule has 1 atom stereocenters. The summed E-state index contributed by atoms with van der Waals surface area (Å²) in [4.78, 5) is 11.2. The zero-order valence-corrected chi connectivity index (χ0v) is 10.4. The van der Waals surface area contributed by atoms with Gasteiger partial charge in [-0.25, -0.2) is 0 Å². The van der Waals surface area contributed by atoms with Gasteiger partial charge in [-0.15, -0.1) is 11.6 Å². The molecule has 0 aliphatic heterocycles. The van der Waals surface area contributed by atoms with E-state index in [4.69, 9.17) is 11.6 Å². The third-order valence-electron chi connectivity index (χ3n) is 2.64. The van der Waals surface area contributed by atoms with Gasteiger partial charge in [0.2, 0.25) is 5.91 Å². The number of carbonyl (C=O) groups is 1. The predicted octanol–water partition coefficient (Wildman–Crippen LogP) is 2.79. The van der Waals surface area contributed by atoms with Gasteiger partial charge in [0.25, 0.3) is 0 Å². The van der Waals surface area contributed by atoms with Gasteiger partial charge >= 0.3 is 0 Å². The first-order chi connectivity index (χ1) is 7.20. The second-order valence-corrected chi connectivity index (χ2v) is 4.82. The lowest BCUT2D eigenvalue weighted by Crippen LogP contribution is -2.27. The highest BCUT2D eigenvalue weighted by Crippen LogP contribution is 2.32. The maximum Gasteiger partial charge on any atom is 0.235 e. The zero-order valence-electron chi connectivity index (χ0n) is 8.09. The summed E-state index contributed by atoms with van der Waals surface area (Å²) >= 11 is 8.90. The highest BCUT2D eigenvalue weighted by Gasteiger charge is 2.23. The summed E-state index contributed by atoms with van der Waals surface area (Å²) in [5, 5.41) is 2.92. The standard InChI is InChI=1S/C11H11BrClNO/c12-8-2-3-9-7(5-8)1-4-10(9)14-11(15)6-13/h2-3,5,10H,1,4,6H2,(H,14,15)/t10-/m1/s1. The molecule has 4 heteroatoms. The number of hydrogen-bond acceptors (Lipinski definition) is 1. The molecule has 0 saturated carbocycles. The van der Waals surface area contributed by atoms with Crippen molar-refractivity contribution in [2.75, 3.05) is 5.88 Å². The lowest BCUT2D eigenvalue weighted by atomic mass is 10.1. The third kappa shape index (κ3) is 2.34. The molecule has 1 amide bonds. The maximum absolute atomic E-state index is 11.2. The lowest BCUT2D eigenvalue weighted by Gasteiger charge is -2.12. The van der Waals surface area contributed by atoms with Crippen molar-refractivity contribution in [3.05, 3.63) is 33.8 Å². The van der Waals surface area contributed by atoms with Crippen molar-refractivity contribution in [3.63, 3.8) is 0 Å². The van der Waals surface area contributed by atoms with E-state index in [1.165, 1.54) is 11.1 Å². The highest BCUT2D eigenvalue weighted by molar-refractivity contribution is 9.10. The normalized spacial score (nSPS) is 18.7. The summed E-state index contributed by atoms with van der Waals surface area (Å²) < 4.78 is 1.09. The van der Waals surface area contributed by atoms with Gasteiger partial charge < -0.3 is 5.32 Å². The molecule has 1 N–H and O–H groups in total. The van der Waals surface area contributed by atoms with E-state index in [0.29, 0.717) is 0 Å². The van der Waals surface area contributed by atoms with Gasteiger partial charge in [0.15, 0.2) is 0 Å². The number of aryl methyl sites for hydroxylation is 1. The Hall–Kier alpha value is -0.540. The van der Waals surface area contributed by atoms with Gasteiger partial charge in [-0.1, -0.05) is 22.0 Å². The second kappa shape index (κ2) is 4.54. The Bertz CT molecular complexity index is 394. The summed E-state index contributed by atoms with van der Waals surface area (Å²) in [6.45, 7) is 0. The number of carbonyl (C=O) groups excluding carboxylic acids is 1. The van der Waals surface area contributed by atoms with Crippen molar-refractivity contribution >= 4 is 33.4 Å². The van der Waals surface area contributed by atoms with Gasteiger partial charge in [-0.05, 0) is 36.1 Å². The molecule has 0 radical (unpaired) electrons. The number of fused-ring (bicyclic) bond motifs is 1. The fourth-order valence-electron chi connectivity index (χ4n) is 1.97. The molecule has 1 aliphatic rings. The Labute approximate surface area is 102 Å². The topological polar surface area (TPSA) is 29.1 Å². The van der Waals surface area contributed by atoms with Crippen LogP contribution in [-0.2, 0) is 11.2 Å². The van der Waals surface area contributed by atoms with Gasteiger partial charge in [0.1, 0.15) is 5.88 Å². The van der Waals surface area contributed by atoms with E-state index in [1.54, 1.807) is 0 Å². The Morgan fingerprint density at radius 3 is 3.13 bits per heavy atom. The Morgan fingerprint density at radius 2 is 2.40 bits per heavy atom. The van der Waals surface area contributed by atoms with E-state index >= 15 is 0 Å². The van der Waals surface area contributed by atoms with Crippen LogP contribution < -0.4 is 5.32 Å². The molecule has 0 bridgehead atoms. The van der Waals surface area contributed by atoms with Crippen LogP contribution in [0.4, 0.5) is 0 Å². The average molecular weight is 289 g/mol. The van der Waals surface area contributed by atoms with Gasteiger partial charge in [0, 0.05) is 4.47 Å². The first-order valence-corrected chi connectivity index (χ1v) is 6.17. The fraction of sp³-hybridized carbons (Fsp3) is 0.364. The molecule has 2 nitrogen and oxygen atoms in total. The lowest BCUT2D eigenvalue weighted by molar-refractivity contribution is -0.119. The summed E-state index contributed by atoms with van der Waals surface area (Å²) in [6, 6.07) is 6.32. The van der Waals surface area contributed by atoms with Crippen LogP contribution in [0.15, 0.2) is 22.7 Å². The van der Waals surface area contributed by atoms with E-state index in [9.17, 15) is 4.79 Å². The molecule has 0 spiro atoms. The molecule has 80 valence electrons. The van der Waals surface area contributed by atoms with Gasteiger partial charge in [-0.3, -0.25) is 4.79 Å². The summed E-state index contributed by atoms with van der Waals surface area (Å²) in [5.74, 6) is -0.0695. The van der Waals surface area contributed by atoms with Crippen molar-refractivity contribution in [1.82, 2.24) is 5.32 Å². The van der Waals surface area contributed by atoms with Crippen molar-refractivity contribution in [2.45, 2.75) is 18.9 Å². The smallest absolute Gasteiger partial charge is 0.235 e. The van der Waals surface area contributed by atoms with Crippen molar-refractivity contribution < 1.29 is 4.79 Å². The van der Waals surface area contributed by atoms with E-state index < -0.39 is 0 Å². The molecule has 0 saturated heterocycles. The predicted molar refractivity (Wildman–Crippen MR) is 64.1 cm³/mol. The van der Waals surface area contributed by atoms with Crippen LogP contribution in [0.2, 0.25) is 0 Å². The third-order valence-corrected chi connectivity index (χ3v) is 3.38. The Morgan fingerprint density at radius 1 is 1.60 bits per heavy atom. The number of halogens is 2. The molecule has 1 aliphatic carbocycles. The van der Waals surface area contributed by atoms with E-state index in [1.807, 2.05) is 6.07 Å². The van der Waals surface area contributed by atoms with Crippen LogP contribution in [0.1, 0.15) is 23.6 Å². The second-order valence-electron chi connectivity index (χ2n) is 3.64. The van der Waals surface area contributed by atoms with Gasteiger partial charge in [0.05, 0.1) is 6.04 Å². The Kier molecular flexibility index (Phi) is 3.32. The summed E-state index contributed by atoms with van der Waals surface area (Å²) in [5.41, 5.74) is 2.53. The molecule has 0 heterocycles. The minimum Gasteiger partial charge on any atom is -0.348 e. The monoisotopic (exact) mass is 287 g/mol. The van der Waals surface area contributed by atoms with Crippen LogP contribution in [0, 0.1) is 0 Å². The Balaban J connectivity index is 2.18. The summed E-state index contributed by atoms with van der Waals surface area (Å²) in [6.07, 6.45) is 1.98. The molecule has 0 fully saturated rings. The molecule has 1 aromatic rings. The summed E-state index contributed by atoms with van der Waals surface area (Å²) in [7, 11) is 0. The van der Waals surface area contributed by atoms with E-state index in [2.05, 4.69) is 33.4 Å². The molecular weight excluding hydrogens is 277 g/mol. The van der Waals surface area contributed by atoms with Crippen LogP contribution in [0.5, 0.6) is 0 Å². The minimum atomic E-state index is -0.0996. The molecule has 15 heavy (non-hydrogen) atoms. The quantitative estimate of drug-likeness (QED) is 0.833. The molecule has 1 aromatic carbocycles. The van der Waals surface area contributed by atoms with Crippen molar-refractivity contribution in [3.8, 4) is 0 Å². The fourth-order valence-corrected chi connectivity index (χ4v) is 2.45. The van der Waals surface area contributed by atoms with E-state index in [0.717, 1.165) is 17.3 Å². The number of amides is 1. The number of alkyl halides is 1. The molecule has 2 rings (SSSR count). The highest BCUT2D eigenvalue weighted by atomic mass is 79.9. The molecular formula is C11H11BrClNO. The van der Waals surface area contributed by atoms with Crippen LogP contribution in [0.25, 0.3) is 0 Å². The maximum atomic E-state index is 11.2. The van der Waals surface area contributed by atoms with Crippen LogP contribution >= 0.6 is 27.5 Å². The first kappa shape index (κ1) is 11.0. The number of nitrogens with one attached hydrogen (secondary N) is 1. The van der Waals surface area contributed by atoms with Crippen molar-refractivity contribution in [1.29, 1.82) is 0 Å². The molecule has 0 unspecified atom stereocenters.